The molecule has 0 unspecified atom stereocenters. The summed E-state index contributed by atoms with van der Waals surface area (Å²) in [5.74, 6) is -2.62. The van der Waals surface area contributed by atoms with E-state index >= 15 is 0 Å². The highest BCUT2D eigenvalue weighted by atomic mass is 19.2. The predicted molar refractivity (Wildman–Crippen MR) is 45.5 cm³/mol. The maximum Gasteiger partial charge on any atom is 0.188 e. The Bertz CT molecular complexity index is 356. The van der Waals surface area contributed by atoms with Gasteiger partial charge in [0.05, 0.1) is 5.56 Å². The van der Waals surface area contributed by atoms with Crippen LogP contribution in [0.1, 0.15) is 17.3 Å². The van der Waals surface area contributed by atoms with Crippen LogP contribution in [-0.2, 0) is 0 Å². The molecule has 68 valence electrons. The first kappa shape index (κ1) is 9.58. The number of ketones is 1. The highest BCUT2D eigenvalue weighted by Gasteiger charge is 2.11. The molecule has 3 heteroatoms. The topological polar surface area (TPSA) is 17.1 Å². The van der Waals surface area contributed by atoms with Crippen LogP contribution in [0, 0.1) is 11.6 Å². The lowest BCUT2D eigenvalue weighted by Crippen LogP contribution is -2.00. The molecule has 13 heavy (non-hydrogen) atoms. The standard InChI is InChI=1S/C10H8F2O/c1-2-4-9(13)7-5-3-6-8(11)10(7)12/h2-6H,1H3. The minimum absolute atomic E-state index is 0.238. The van der Waals surface area contributed by atoms with Crippen molar-refractivity contribution in [2.75, 3.05) is 0 Å². The van der Waals surface area contributed by atoms with E-state index in [-0.39, 0.29) is 5.56 Å². The third-order valence-electron chi connectivity index (χ3n) is 1.54. The minimum Gasteiger partial charge on any atom is -0.289 e. The van der Waals surface area contributed by atoms with Gasteiger partial charge in [0.2, 0.25) is 0 Å². The number of hydrogen-bond acceptors (Lipinski definition) is 1. The normalized spacial score (nSPS) is 10.7. The van der Waals surface area contributed by atoms with Gasteiger partial charge in [-0.2, -0.15) is 0 Å². The fourth-order valence-corrected chi connectivity index (χ4v) is 0.935. The van der Waals surface area contributed by atoms with E-state index in [9.17, 15) is 13.6 Å². The second-order valence-electron chi connectivity index (χ2n) is 2.47. The van der Waals surface area contributed by atoms with Crippen molar-refractivity contribution in [2.24, 2.45) is 0 Å². The van der Waals surface area contributed by atoms with Gasteiger partial charge in [-0.05, 0) is 25.1 Å². The number of rotatable bonds is 2. The quantitative estimate of drug-likeness (QED) is 0.507. The predicted octanol–water partition coefficient (Wildman–Crippen LogP) is 2.72. The molecule has 0 saturated carbocycles. The largest absolute Gasteiger partial charge is 0.289 e. The molecule has 0 heterocycles. The summed E-state index contributed by atoms with van der Waals surface area (Å²) in [6, 6.07) is 3.53. The number of carbonyl (C=O) groups is 1. The molecular formula is C10H8F2O. The third-order valence-corrected chi connectivity index (χ3v) is 1.54. The van der Waals surface area contributed by atoms with Gasteiger partial charge in [0.15, 0.2) is 17.4 Å². The zero-order valence-electron chi connectivity index (χ0n) is 7.05. The Morgan fingerprint density at radius 2 is 2.08 bits per heavy atom. The minimum atomic E-state index is -1.09. The molecule has 0 bridgehead atoms. The fourth-order valence-electron chi connectivity index (χ4n) is 0.935. The van der Waals surface area contributed by atoms with Crippen LogP contribution >= 0.6 is 0 Å². The average Bonchev–Trinajstić information content (AvgIpc) is 2.10. The smallest absolute Gasteiger partial charge is 0.188 e. The summed E-state index contributed by atoms with van der Waals surface area (Å²) in [7, 11) is 0. The number of carbonyl (C=O) groups excluding carboxylic acids is 1. The zero-order chi connectivity index (χ0) is 9.84. The molecule has 0 aliphatic carbocycles. The lowest BCUT2D eigenvalue weighted by atomic mass is 10.1. The Labute approximate surface area is 74.7 Å². The van der Waals surface area contributed by atoms with Crippen molar-refractivity contribution in [3.05, 3.63) is 47.5 Å². The number of halogens is 2. The molecular weight excluding hydrogens is 174 g/mol. The van der Waals surface area contributed by atoms with Gasteiger partial charge in [-0.25, -0.2) is 8.78 Å². The van der Waals surface area contributed by atoms with E-state index in [2.05, 4.69) is 0 Å². The first-order chi connectivity index (χ1) is 6.16. The van der Waals surface area contributed by atoms with Gasteiger partial charge in [-0.3, -0.25) is 4.79 Å². The number of hydrogen-bond donors (Lipinski definition) is 0. The van der Waals surface area contributed by atoms with E-state index in [1.807, 2.05) is 0 Å². The van der Waals surface area contributed by atoms with Crippen molar-refractivity contribution in [1.29, 1.82) is 0 Å². The maximum absolute atomic E-state index is 12.9. The molecule has 0 amide bonds. The lowest BCUT2D eigenvalue weighted by molar-refractivity contribution is 0.104. The van der Waals surface area contributed by atoms with Gasteiger partial charge in [0, 0.05) is 0 Å². The van der Waals surface area contributed by atoms with Crippen LogP contribution in [0.4, 0.5) is 8.78 Å². The Kier molecular flexibility index (Phi) is 2.90. The molecule has 0 saturated heterocycles. The van der Waals surface area contributed by atoms with Crippen LogP contribution in [0.3, 0.4) is 0 Å². The summed E-state index contributed by atoms with van der Waals surface area (Å²) in [5, 5.41) is 0. The molecule has 0 aliphatic rings. The maximum atomic E-state index is 12.9. The highest BCUT2D eigenvalue weighted by Crippen LogP contribution is 2.12. The van der Waals surface area contributed by atoms with Crippen LogP contribution in [-0.4, -0.2) is 5.78 Å². The molecule has 0 aromatic heterocycles. The zero-order valence-corrected chi connectivity index (χ0v) is 7.05. The van der Waals surface area contributed by atoms with Crippen molar-refractivity contribution in [3.8, 4) is 0 Å². The molecule has 0 fully saturated rings. The summed E-state index contributed by atoms with van der Waals surface area (Å²) in [6.07, 6.45) is 2.67. The van der Waals surface area contributed by atoms with Gasteiger partial charge >= 0.3 is 0 Å². The second kappa shape index (κ2) is 3.94. The molecule has 0 radical (unpaired) electrons. The van der Waals surface area contributed by atoms with Crippen LogP contribution in [0.25, 0.3) is 0 Å². The molecule has 0 N–H and O–H groups in total. The first-order valence-corrected chi connectivity index (χ1v) is 3.78. The summed E-state index contributed by atoms with van der Waals surface area (Å²) in [4.78, 5) is 11.1. The summed E-state index contributed by atoms with van der Waals surface area (Å²) >= 11 is 0. The van der Waals surface area contributed by atoms with E-state index < -0.39 is 17.4 Å². The number of benzene rings is 1. The Balaban J connectivity index is 3.15. The summed E-state index contributed by atoms with van der Waals surface area (Å²) in [6.45, 7) is 1.63. The van der Waals surface area contributed by atoms with Crippen LogP contribution in [0.2, 0.25) is 0 Å². The van der Waals surface area contributed by atoms with Crippen molar-refractivity contribution in [3.63, 3.8) is 0 Å². The van der Waals surface area contributed by atoms with Gasteiger partial charge in [0.1, 0.15) is 0 Å². The van der Waals surface area contributed by atoms with Crippen LogP contribution in [0.5, 0.6) is 0 Å². The van der Waals surface area contributed by atoms with E-state index in [1.54, 1.807) is 6.92 Å². The molecule has 1 aromatic carbocycles. The fraction of sp³-hybridized carbons (Fsp3) is 0.100. The summed E-state index contributed by atoms with van der Waals surface area (Å²) < 4.78 is 25.6. The van der Waals surface area contributed by atoms with Crippen molar-refractivity contribution < 1.29 is 13.6 Å². The molecule has 0 spiro atoms. The van der Waals surface area contributed by atoms with Gasteiger partial charge in [-0.15, -0.1) is 0 Å². The van der Waals surface area contributed by atoms with Crippen molar-refractivity contribution in [2.45, 2.75) is 6.92 Å². The Morgan fingerprint density at radius 3 is 2.69 bits per heavy atom. The lowest BCUT2D eigenvalue weighted by Gasteiger charge is -1.98. The van der Waals surface area contributed by atoms with E-state index in [0.29, 0.717) is 0 Å². The van der Waals surface area contributed by atoms with Crippen molar-refractivity contribution >= 4 is 5.78 Å². The van der Waals surface area contributed by atoms with Crippen LogP contribution in [0.15, 0.2) is 30.4 Å². The average molecular weight is 182 g/mol. The molecule has 1 aromatic rings. The monoisotopic (exact) mass is 182 g/mol. The summed E-state index contributed by atoms with van der Waals surface area (Å²) in [5.41, 5.74) is -0.238. The van der Waals surface area contributed by atoms with Gasteiger partial charge in [0.25, 0.3) is 0 Å². The van der Waals surface area contributed by atoms with E-state index in [4.69, 9.17) is 0 Å². The SMILES string of the molecule is CC=CC(=O)c1cccc(F)c1F. The Hall–Kier alpha value is -1.51. The van der Waals surface area contributed by atoms with Gasteiger partial charge in [-0.1, -0.05) is 12.1 Å². The van der Waals surface area contributed by atoms with E-state index in [0.717, 1.165) is 6.07 Å². The van der Waals surface area contributed by atoms with Crippen molar-refractivity contribution in [1.82, 2.24) is 0 Å². The van der Waals surface area contributed by atoms with Crippen LogP contribution < -0.4 is 0 Å². The second-order valence-corrected chi connectivity index (χ2v) is 2.47. The first-order valence-electron chi connectivity index (χ1n) is 3.78. The molecule has 0 aliphatic heterocycles. The van der Waals surface area contributed by atoms with Gasteiger partial charge < -0.3 is 0 Å². The third kappa shape index (κ3) is 1.99. The van der Waals surface area contributed by atoms with E-state index in [1.165, 1.54) is 24.3 Å². The molecule has 1 rings (SSSR count). The molecule has 1 nitrogen and oxygen atoms in total. The number of allylic oxidation sites excluding steroid dienone is 2. The highest BCUT2D eigenvalue weighted by molar-refractivity contribution is 6.04. The molecule has 0 atom stereocenters. The Morgan fingerprint density at radius 1 is 1.38 bits per heavy atom.